The number of rotatable bonds is 8. The number of aromatic nitrogens is 2. The molecule has 6 nitrogen and oxygen atoms in total. The fraction of sp³-hybridized carbons (Fsp3) is 0.238. The van der Waals surface area contributed by atoms with Gasteiger partial charge in [0.25, 0.3) is 0 Å². The Bertz CT molecular complexity index is 956. The molecular weight excluding hydrogens is 378 g/mol. The maximum absolute atomic E-state index is 12.5. The molecular formula is C21H22ClN3O3. The molecule has 1 heterocycles. The lowest BCUT2D eigenvalue weighted by atomic mass is 10.1. The largest absolute Gasteiger partial charge is 0.493 e. The third-order valence-electron chi connectivity index (χ3n) is 4.37. The van der Waals surface area contributed by atoms with Crippen molar-refractivity contribution in [2.75, 3.05) is 19.5 Å². The van der Waals surface area contributed by atoms with E-state index in [2.05, 4.69) is 10.4 Å². The van der Waals surface area contributed by atoms with Crippen molar-refractivity contribution in [3.8, 4) is 11.5 Å². The number of anilines is 1. The Kier molecular flexibility index (Phi) is 6.55. The molecule has 28 heavy (non-hydrogen) atoms. The van der Waals surface area contributed by atoms with Crippen molar-refractivity contribution in [1.29, 1.82) is 0 Å². The summed E-state index contributed by atoms with van der Waals surface area (Å²) in [6, 6.07) is 15.0. The van der Waals surface area contributed by atoms with Gasteiger partial charge >= 0.3 is 0 Å². The fourth-order valence-corrected chi connectivity index (χ4v) is 3.15. The van der Waals surface area contributed by atoms with E-state index in [-0.39, 0.29) is 5.91 Å². The molecule has 2 aromatic carbocycles. The normalized spacial score (nSPS) is 10.5. The number of nitrogens with zero attached hydrogens (tertiary/aromatic N) is 2. The van der Waals surface area contributed by atoms with Crippen LogP contribution in [0.15, 0.2) is 54.7 Å². The molecule has 0 aliphatic heterocycles. The molecule has 7 heteroatoms. The summed E-state index contributed by atoms with van der Waals surface area (Å²) < 4.78 is 12.4. The predicted octanol–water partition coefficient (Wildman–Crippen LogP) is 4.17. The number of aryl methyl sites for hydroxylation is 1. The molecule has 3 rings (SSSR count). The molecule has 0 aliphatic carbocycles. The highest BCUT2D eigenvalue weighted by Crippen LogP contribution is 2.31. The minimum absolute atomic E-state index is 0.106. The summed E-state index contributed by atoms with van der Waals surface area (Å²) in [6.45, 7) is 0.478. The van der Waals surface area contributed by atoms with E-state index >= 15 is 0 Å². The van der Waals surface area contributed by atoms with E-state index in [1.807, 2.05) is 42.5 Å². The molecule has 1 N–H and O–H groups in total. The molecule has 0 fully saturated rings. The highest BCUT2D eigenvalue weighted by molar-refractivity contribution is 6.31. The SMILES string of the molecule is COc1cccc(CCC(=O)Nc2ccnn2Cc2ccccc2Cl)c1OC. The molecule has 0 aliphatic rings. The highest BCUT2D eigenvalue weighted by Gasteiger charge is 2.13. The maximum atomic E-state index is 12.5. The van der Waals surface area contributed by atoms with Crippen molar-refractivity contribution in [3.05, 3.63) is 70.9 Å². The lowest BCUT2D eigenvalue weighted by molar-refractivity contribution is -0.116. The van der Waals surface area contributed by atoms with Crippen molar-refractivity contribution < 1.29 is 14.3 Å². The second kappa shape index (κ2) is 9.28. The minimum Gasteiger partial charge on any atom is -0.493 e. The standard InChI is InChI=1S/C21H22ClN3O3/c1-27-18-9-5-7-15(21(18)28-2)10-11-20(26)24-19-12-13-23-25(19)14-16-6-3-4-8-17(16)22/h3-9,12-13H,10-11,14H2,1-2H3,(H,24,26). The second-order valence-electron chi connectivity index (χ2n) is 6.17. The van der Waals surface area contributed by atoms with Crippen LogP contribution in [0.4, 0.5) is 5.82 Å². The summed E-state index contributed by atoms with van der Waals surface area (Å²) in [5, 5.41) is 7.86. The molecule has 0 saturated heterocycles. The van der Waals surface area contributed by atoms with Crippen LogP contribution in [0.25, 0.3) is 0 Å². The third-order valence-corrected chi connectivity index (χ3v) is 4.74. The molecule has 0 bridgehead atoms. The Balaban J connectivity index is 1.64. The van der Waals surface area contributed by atoms with Crippen LogP contribution < -0.4 is 14.8 Å². The first kappa shape index (κ1) is 19.8. The van der Waals surface area contributed by atoms with Gasteiger partial charge in [0.05, 0.1) is 27.0 Å². The number of hydrogen-bond donors (Lipinski definition) is 1. The summed E-state index contributed by atoms with van der Waals surface area (Å²) >= 11 is 6.22. The minimum atomic E-state index is -0.106. The van der Waals surface area contributed by atoms with Gasteiger partial charge in [-0.3, -0.25) is 4.79 Å². The Morgan fingerprint density at radius 1 is 1.07 bits per heavy atom. The predicted molar refractivity (Wildman–Crippen MR) is 109 cm³/mol. The number of nitrogens with one attached hydrogen (secondary N) is 1. The number of carbonyl (C=O) groups excluding carboxylic acids is 1. The first-order valence-corrected chi connectivity index (χ1v) is 9.25. The van der Waals surface area contributed by atoms with Crippen molar-refractivity contribution in [2.24, 2.45) is 0 Å². The van der Waals surface area contributed by atoms with Gasteiger partial charge in [-0.15, -0.1) is 0 Å². The average Bonchev–Trinajstić information content (AvgIpc) is 3.14. The Labute approximate surface area is 169 Å². The smallest absolute Gasteiger partial charge is 0.225 e. The molecule has 1 aromatic heterocycles. The zero-order valence-corrected chi connectivity index (χ0v) is 16.6. The van der Waals surface area contributed by atoms with E-state index in [1.54, 1.807) is 31.2 Å². The van der Waals surface area contributed by atoms with Crippen molar-refractivity contribution in [2.45, 2.75) is 19.4 Å². The number of amides is 1. The van der Waals surface area contributed by atoms with E-state index in [1.165, 1.54) is 0 Å². The number of benzene rings is 2. The number of methoxy groups -OCH3 is 2. The molecule has 1 amide bonds. The molecule has 0 unspecified atom stereocenters. The zero-order chi connectivity index (χ0) is 19.9. The van der Waals surface area contributed by atoms with Gasteiger partial charge in [0, 0.05) is 17.5 Å². The van der Waals surface area contributed by atoms with Crippen molar-refractivity contribution >= 4 is 23.3 Å². The number of halogens is 1. The van der Waals surface area contributed by atoms with E-state index in [4.69, 9.17) is 21.1 Å². The van der Waals surface area contributed by atoms with E-state index < -0.39 is 0 Å². The van der Waals surface area contributed by atoms with Crippen LogP contribution in [-0.2, 0) is 17.8 Å². The summed E-state index contributed by atoms with van der Waals surface area (Å²) in [5.41, 5.74) is 1.85. The van der Waals surface area contributed by atoms with Crippen molar-refractivity contribution in [1.82, 2.24) is 9.78 Å². The van der Waals surface area contributed by atoms with E-state index in [0.29, 0.717) is 41.7 Å². The maximum Gasteiger partial charge on any atom is 0.225 e. The van der Waals surface area contributed by atoms with Gasteiger partial charge in [-0.25, -0.2) is 4.68 Å². The monoisotopic (exact) mass is 399 g/mol. The topological polar surface area (TPSA) is 65.4 Å². The van der Waals surface area contributed by atoms with Crippen LogP contribution in [0.3, 0.4) is 0 Å². The number of para-hydroxylation sites is 1. The van der Waals surface area contributed by atoms with Gasteiger partial charge in [0.1, 0.15) is 5.82 Å². The van der Waals surface area contributed by atoms with E-state index in [9.17, 15) is 4.79 Å². The molecule has 0 saturated carbocycles. The third kappa shape index (κ3) is 4.64. The average molecular weight is 400 g/mol. The Morgan fingerprint density at radius 3 is 2.61 bits per heavy atom. The van der Waals surface area contributed by atoms with Gasteiger partial charge in [-0.2, -0.15) is 5.10 Å². The number of hydrogen-bond acceptors (Lipinski definition) is 4. The number of ether oxygens (including phenoxy) is 2. The van der Waals surface area contributed by atoms with Gasteiger partial charge in [0.15, 0.2) is 11.5 Å². The first-order chi connectivity index (χ1) is 13.6. The van der Waals surface area contributed by atoms with Crippen LogP contribution in [0.1, 0.15) is 17.5 Å². The molecule has 3 aromatic rings. The lowest BCUT2D eigenvalue weighted by Gasteiger charge is -2.13. The van der Waals surface area contributed by atoms with Gasteiger partial charge in [-0.1, -0.05) is 41.9 Å². The van der Waals surface area contributed by atoms with Gasteiger partial charge in [0.2, 0.25) is 5.91 Å². The summed E-state index contributed by atoms with van der Waals surface area (Å²) in [6.07, 6.45) is 2.49. The van der Waals surface area contributed by atoms with Crippen LogP contribution in [0.2, 0.25) is 5.02 Å². The van der Waals surface area contributed by atoms with Gasteiger partial charge in [-0.05, 0) is 29.7 Å². The highest BCUT2D eigenvalue weighted by atomic mass is 35.5. The molecule has 0 atom stereocenters. The van der Waals surface area contributed by atoms with E-state index in [0.717, 1.165) is 11.1 Å². The lowest BCUT2D eigenvalue weighted by Crippen LogP contribution is -2.16. The van der Waals surface area contributed by atoms with Crippen LogP contribution in [-0.4, -0.2) is 29.9 Å². The van der Waals surface area contributed by atoms with Crippen molar-refractivity contribution in [3.63, 3.8) is 0 Å². The zero-order valence-electron chi connectivity index (χ0n) is 15.8. The van der Waals surface area contributed by atoms with Crippen LogP contribution in [0, 0.1) is 0 Å². The fourth-order valence-electron chi connectivity index (χ4n) is 2.96. The van der Waals surface area contributed by atoms with Crippen LogP contribution in [0.5, 0.6) is 11.5 Å². The Hall–Kier alpha value is -2.99. The number of carbonyl (C=O) groups is 1. The van der Waals surface area contributed by atoms with Crippen LogP contribution >= 0.6 is 11.6 Å². The quantitative estimate of drug-likeness (QED) is 0.617. The molecule has 0 radical (unpaired) electrons. The first-order valence-electron chi connectivity index (χ1n) is 8.87. The summed E-state index contributed by atoms with van der Waals surface area (Å²) in [7, 11) is 3.18. The molecule has 146 valence electrons. The molecule has 0 spiro atoms. The van der Waals surface area contributed by atoms with Gasteiger partial charge < -0.3 is 14.8 Å². The Morgan fingerprint density at radius 2 is 1.86 bits per heavy atom. The summed E-state index contributed by atoms with van der Waals surface area (Å²) in [5.74, 6) is 1.83. The summed E-state index contributed by atoms with van der Waals surface area (Å²) in [4.78, 5) is 12.5. The second-order valence-corrected chi connectivity index (χ2v) is 6.57.